The van der Waals surface area contributed by atoms with Crippen molar-refractivity contribution in [2.24, 2.45) is 4.99 Å². The lowest BCUT2D eigenvalue weighted by molar-refractivity contribution is 0.299. The van der Waals surface area contributed by atoms with Crippen molar-refractivity contribution < 1.29 is 9.13 Å². The fourth-order valence-electron chi connectivity index (χ4n) is 2.29. The molecule has 0 aliphatic heterocycles. The van der Waals surface area contributed by atoms with Gasteiger partial charge in [0.15, 0.2) is 0 Å². The third-order valence-electron chi connectivity index (χ3n) is 3.83. The molecule has 0 spiro atoms. The van der Waals surface area contributed by atoms with Crippen LogP contribution in [0.5, 0.6) is 5.75 Å². The summed E-state index contributed by atoms with van der Waals surface area (Å²) in [7, 11) is 0. The number of nitrogens with one attached hydrogen (secondary N) is 1. The van der Waals surface area contributed by atoms with Crippen LogP contribution in [0, 0.1) is 17.1 Å². The molecule has 2 aromatic rings. The van der Waals surface area contributed by atoms with Crippen LogP contribution in [-0.4, -0.2) is 5.84 Å². The summed E-state index contributed by atoms with van der Waals surface area (Å²) in [5, 5.41) is 12.7. The Kier molecular flexibility index (Phi) is 6.90. The molecule has 0 aliphatic rings. The molecule has 0 saturated carbocycles. The predicted molar refractivity (Wildman–Crippen MR) is 106 cm³/mol. The van der Waals surface area contributed by atoms with Gasteiger partial charge in [-0.1, -0.05) is 36.9 Å². The number of rotatable bonds is 6. The van der Waals surface area contributed by atoms with Gasteiger partial charge in [0.1, 0.15) is 35.6 Å². The van der Waals surface area contributed by atoms with Gasteiger partial charge in [0.25, 0.3) is 0 Å². The Labute approximate surface area is 159 Å². The minimum Gasteiger partial charge on any atom is -0.487 e. The van der Waals surface area contributed by atoms with E-state index in [2.05, 4.69) is 23.0 Å². The van der Waals surface area contributed by atoms with Crippen molar-refractivity contribution in [3.8, 4) is 11.8 Å². The summed E-state index contributed by atoms with van der Waals surface area (Å²) in [5.74, 6) is 0.615. The number of halogens is 1. The van der Waals surface area contributed by atoms with E-state index in [9.17, 15) is 9.65 Å². The summed E-state index contributed by atoms with van der Waals surface area (Å²) >= 11 is 0. The van der Waals surface area contributed by atoms with Gasteiger partial charge in [0.05, 0.1) is 5.69 Å². The molecule has 4 nitrogen and oxygen atoms in total. The molecule has 138 valence electrons. The second-order valence-electron chi connectivity index (χ2n) is 5.98. The molecule has 0 saturated heterocycles. The highest BCUT2D eigenvalue weighted by Gasteiger charge is 2.12. The average Bonchev–Trinajstić information content (AvgIpc) is 2.66. The Hall–Kier alpha value is -3.39. The molecule has 0 unspecified atom stereocenters. The van der Waals surface area contributed by atoms with Crippen LogP contribution < -0.4 is 10.1 Å². The van der Waals surface area contributed by atoms with Crippen LogP contribution >= 0.6 is 0 Å². The molecule has 0 atom stereocenters. The molecule has 0 radical (unpaired) electrons. The number of benzene rings is 2. The fraction of sp³-hybridized carbons (Fsp3) is 0.182. The lowest BCUT2D eigenvalue weighted by atomic mass is 10.1. The molecule has 5 heteroatoms. The molecular formula is C22H22FN3O. The Morgan fingerprint density at radius 3 is 2.63 bits per heavy atom. The van der Waals surface area contributed by atoms with Crippen LogP contribution in [0.2, 0.25) is 0 Å². The van der Waals surface area contributed by atoms with Gasteiger partial charge in [-0.3, -0.25) is 0 Å². The van der Waals surface area contributed by atoms with Gasteiger partial charge >= 0.3 is 0 Å². The maximum absolute atomic E-state index is 13.8. The standard InChI is InChI=1S/C22H22FN3O/c1-5-16(4)22(25-15(2)3)26-20-11-8-12-21(18(20)13-24)27-14-17-9-6-7-10-19(17)23/h5-12H,2,14H2,1,3-4H3,(H,25,26)/b16-5-. The normalized spacial score (nSPS) is 11.7. The molecule has 0 aromatic heterocycles. The number of nitriles is 1. The second-order valence-corrected chi connectivity index (χ2v) is 5.98. The molecule has 0 aliphatic carbocycles. The van der Waals surface area contributed by atoms with E-state index in [0.29, 0.717) is 28.4 Å². The van der Waals surface area contributed by atoms with Gasteiger partial charge in [0.2, 0.25) is 0 Å². The summed E-state index contributed by atoms with van der Waals surface area (Å²) < 4.78 is 19.5. The molecular weight excluding hydrogens is 341 g/mol. The molecule has 0 fully saturated rings. The minimum atomic E-state index is -0.346. The third-order valence-corrected chi connectivity index (χ3v) is 3.83. The molecule has 2 aromatic carbocycles. The number of amidine groups is 1. The maximum atomic E-state index is 13.8. The first-order valence-electron chi connectivity index (χ1n) is 8.50. The third kappa shape index (κ3) is 5.29. The smallest absolute Gasteiger partial charge is 0.139 e. The van der Waals surface area contributed by atoms with Crippen molar-refractivity contribution in [2.75, 3.05) is 0 Å². The number of aliphatic imine (C=N–C) groups is 1. The highest BCUT2D eigenvalue weighted by molar-refractivity contribution is 6.00. The van der Waals surface area contributed by atoms with Gasteiger partial charge in [0, 0.05) is 11.3 Å². The first kappa shape index (κ1) is 19.9. The van der Waals surface area contributed by atoms with Gasteiger partial charge in [-0.15, -0.1) is 0 Å². The van der Waals surface area contributed by atoms with E-state index in [0.717, 1.165) is 11.3 Å². The first-order chi connectivity index (χ1) is 13.0. The Bertz CT molecular complexity index is 939. The average molecular weight is 363 g/mol. The fourth-order valence-corrected chi connectivity index (χ4v) is 2.29. The van der Waals surface area contributed by atoms with Gasteiger partial charge < -0.3 is 10.1 Å². The topological polar surface area (TPSA) is 57.4 Å². The highest BCUT2D eigenvalue weighted by Crippen LogP contribution is 2.29. The zero-order chi connectivity index (χ0) is 19.8. The van der Waals surface area contributed by atoms with Crippen LogP contribution in [0.4, 0.5) is 10.1 Å². The van der Waals surface area contributed by atoms with Gasteiger partial charge in [-0.05, 0) is 44.5 Å². The van der Waals surface area contributed by atoms with Crippen molar-refractivity contribution in [1.29, 1.82) is 5.26 Å². The van der Waals surface area contributed by atoms with Crippen LogP contribution in [0.15, 0.2) is 71.4 Å². The SMILES string of the molecule is C=C(C)NC(=Nc1cccc(OCc2ccccc2F)c1C#N)/C(C)=C\C. The number of hydrogen-bond acceptors (Lipinski definition) is 3. The Morgan fingerprint density at radius 1 is 1.26 bits per heavy atom. The van der Waals surface area contributed by atoms with Crippen LogP contribution in [0.25, 0.3) is 0 Å². The molecule has 1 N–H and O–H groups in total. The minimum absolute atomic E-state index is 0.0271. The van der Waals surface area contributed by atoms with E-state index < -0.39 is 0 Å². The Balaban J connectivity index is 2.38. The zero-order valence-electron chi connectivity index (χ0n) is 15.7. The maximum Gasteiger partial charge on any atom is 0.139 e. The van der Waals surface area contributed by atoms with Crippen molar-refractivity contribution in [1.82, 2.24) is 5.32 Å². The molecule has 2 rings (SSSR count). The summed E-state index contributed by atoms with van der Waals surface area (Å²) in [6.07, 6.45) is 1.92. The van der Waals surface area contributed by atoms with Crippen LogP contribution in [-0.2, 0) is 6.61 Å². The Morgan fingerprint density at radius 2 is 2.00 bits per heavy atom. The summed E-state index contributed by atoms with van der Waals surface area (Å²) in [6.45, 7) is 9.52. The largest absolute Gasteiger partial charge is 0.487 e. The van der Waals surface area contributed by atoms with Crippen LogP contribution in [0.3, 0.4) is 0 Å². The van der Waals surface area contributed by atoms with E-state index in [-0.39, 0.29) is 12.4 Å². The van der Waals surface area contributed by atoms with Crippen molar-refractivity contribution in [3.63, 3.8) is 0 Å². The summed E-state index contributed by atoms with van der Waals surface area (Å²) in [6, 6.07) is 13.7. The summed E-state index contributed by atoms with van der Waals surface area (Å²) in [5.41, 5.74) is 2.83. The first-order valence-corrected chi connectivity index (χ1v) is 8.50. The highest BCUT2D eigenvalue weighted by atomic mass is 19.1. The monoisotopic (exact) mass is 363 g/mol. The number of allylic oxidation sites excluding steroid dienone is 2. The molecule has 0 bridgehead atoms. The lowest BCUT2D eigenvalue weighted by Crippen LogP contribution is -2.21. The molecule has 0 amide bonds. The van der Waals surface area contributed by atoms with E-state index in [1.807, 2.05) is 26.8 Å². The lowest BCUT2D eigenvalue weighted by Gasteiger charge is -2.13. The molecule has 27 heavy (non-hydrogen) atoms. The zero-order valence-corrected chi connectivity index (χ0v) is 15.7. The van der Waals surface area contributed by atoms with Crippen molar-refractivity contribution >= 4 is 11.5 Å². The quantitative estimate of drug-likeness (QED) is 0.552. The van der Waals surface area contributed by atoms with E-state index in [4.69, 9.17) is 4.74 Å². The number of hydrogen-bond donors (Lipinski definition) is 1. The molecule has 0 heterocycles. The van der Waals surface area contributed by atoms with Gasteiger partial charge in [-0.25, -0.2) is 9.38 Å². The van der Waals surface area contributed by atoms with Crippen LogP contribution in [0.1, 0.15) is 31.9 Å². The van der Waals surface area contributed by atoms with E-state index in [1.54, 1.807) is 36.4 Å². The van der Waals surface area contributed by atoms with E-state index in [1.165, 1.54) is 6.07 Å². The summed E-state index contributed by atoms with van der Waals surface area (Å²) in [4.78, 5) is 4.57. The number of nitrogens with zero attached hydrogens (tertiary/aromatic N) is 2. The van der Waals surface area contributed by atoms with Crippen molar-refractivity contribution in [3.05, 3.63) is 83.3 Å². The second kappa shape index (κ2) is 9.35. The number of ether oxygens (including phenoxy) is 1. The van der Waals surface area contributed by atoms with E-state index >= 15 is 0 Å². The van der Waals surface area contributed by atoms with Crippen molar-refractivity contribution in [2.45, 2.75) is 27.4 Å². The predicted octanol–water partition coefficient (Wildman–Crippen LogP) is 5.40. The van der Waals surface area contributed by atoms with Gasteiger partial charge in [-0.2, -0.15) is 5.26 Å².